The van der Waals surface area contributed by atoms with Gasteiger partial charge in [0.1, 0.15) is 5.75 Å². The molecular formula is C17H22N2OS. The zero-order valence-corrected chi connectivity index (χ0v) is 13.2. The first-order chi connectivity index (χ1) is 10.3. The summed E-state index contributed by atoms with van der Waals surface area (Å²) in [5, 5.41) is 2.14. The number of hydrogen-bond donors (Lipinski definition) is 1. The molecule has 21 heavy (non-hydrogen) atoms. The summed E-state index contributed by atoms with van der Waals surface area (Å²) in [5.74, 6) is 1.04. The predicted molar refractivity (Wildman–Crippen MR) is 88.1 cm³/mol. The van der Waals surface area contributed by atoms with Crippen LogP contribution in [0.25, 0.3) is 0 Å². The third-order valence-corrected chi connectivity index (χ3v) is 5.08. The number of nitrogens with two attached hydrogens (primary N) is 1. The van der Waals surface area contributed by atoms with E-state index in [-0.39, 0.29) is 6.04 Å². The highest BCUT2D eigenvalue weighted by Crippen LogP contribution is 2.29. The first-order valence-corrected chi connectivity index (χ1v) is 8.34. The van der Waals surface area contributed by atoms with Crippen LogP contribution in [0.15, 0.2) is 35.7 Å². The van der Waals surface area contributed by atoms with Crippen molar-refractivity contribution in [2.45, 2.75) is 18.9 Å². The molecule has 0 saturated heterocycles. The summed E-state index contributed by atoms with van der Waals surface area (Å²) in [5.41, 5.74) is 8.65. The molecule has 0 fully saturated rings. The monoisotopic (exact) mass is 302 g/mol. The van der Waals surface area contributed by atoms with E-state index in [2.05, 4.69) is 47.7 Å². The highest BCUT2D eigenvalue weighted by molar-refractivity contribution is 7.09. The molecule has 0 spiro atoms. The first-order valence-electron chi connectivity index (χ1n) is 7.46. The number of benzene rings is 1. The minimum Gasteiger partial charge on any atom is -0.493 e. The molecule has 3 rings (SSSR count). The van der Waals surface area contributed by atoms with Gasteiger partial charge in [-0.25, -0.2) is 0 Å². The van der Waals surface area contributed by atoms with Crippen LogP contribution < -0.4 is 10.5 Å². The van der Waals surface area contributed by atoms with Gasteiger partial charge in [0.15, 0.2) is 0 Å². The Morgan fingerprint density at radius 3 is 3.05 bits per heavy atom. The summed E-state index contributed by atoms with van der Waals surface area (Å²) < 4.78 is 5.58. The van der Waals surface area contributed by atoms with Gasteiger partial charge in [0.05, 0.1) is 6.61 Å². The molecule has 2 aromatic rings. The topological polar surface area (TPSA) is 38.5 Å². The van der Waals surface area contributed by atoms with Crippen molar-refractivity contribution in [1.29, 1.82) is 0 Å². The zero-order chi connectivity index (χ0) is 14.7. The lowest BCUT2D eigenvalue weighted by Gasteiger charge is -2.27. The van der Waals surface area contributed by atoms with E-state index in [0.717, 1.165) is 31.7 Å². The maximum absolute atomic E-state index is 6.03. The van der Waals surface area contributed by atoms with Crippen molar-refractivity contribution in [2.75, 3.05) is 26.7 Å². The van der Waals surface area contributed by atoms with E-state index in [1.807, 2.05) is 11.3 Å². The standard InChI is InChI=1S/C17H22N2OS/c1-19(8-6-15-3-2-10-21-15)16(12-18)13-4-5-17-14(11-13)7-9-20-17/h2-5,10-11,16H,6-9,12,18H2,1H3. The molecule has 1 aromatic heterocycles. The van der Waals surface area contributed by atoms with Crippen LogP contribution in [0.1, 0.15) is 22.0 Å². The summed E-state index contributed by atoms with van der Waals surface area (Å²) in [4.78, 5) is 3.79. The second kappa shape index (κ2) is 6.60. The van der Waals surface area contributed by atoms with Crippen LogP contribution in [0.4, 0.5) is 0 Å². The molecule has 0 amide bonds. The fourth-order valence-corrected chi connectivity index (χ4v) is 3.58. The molecule has 0 saturated carbocycles. The van der Waals surface area contributed by atoms with Gasteiger partial charge in [-0.05, 0) is 42.1 Å². The van der Waals surface area contributed by atoms with Gasteiger partial charge in [-0.1, -0.05) is 18.2 Å². The number of fused-ring (bicyclic) bond motifs is 1. The normalized spacial score (nSPS) is 15.0. The van der Waals surface area contributed by atoms with E-state index in [1.165, 1.54) is 16.0 Å². The van der Waals surface area contributed by atoms with Crippen molar-refractivity contribution in [2.24, 2.45) is 5.73 Å². The summed E-state index contributed by atoms with van der Waals surface area (Å²) in [6, 6.07) is 11.1. The van der Waals surface area contributed by atoms with Crippen LogP contribution in [-0.4, -0.2) is 31.6 Å². The molecule has 1 aliphatic rings. The Hall–Kier alpha value is -1.36. The Morgan fingerprint density at radius 1 is 1.38 bits per heavy atom. The minimum absolute atomic E-state index is 0.274. The maximum atomic E-state index is 6.03. The van der Waals surface area contributed by atoms with Gasteiger partial charge in [0.25, 0.3) is 0 Å². The van der Waals surface area contributed by atoms with Gasteiger partial charge in [-0.2, -0.15) is 0 Å². The zero-order valence-electron chi connectivity index (χ0n) is 12.4. The first kappa shape index (κ1) is 14.6. The average molecular weight is 302 g/mol. The number of nitrogens with zero attached hydrogens (tertiary/aromatic N) is 1. The molecule has 1 aromatic carbocycles. The van der Waals surface area contributed by atoms with Crippen molar-refractivity contribution in [1.82, 2.24) is 4.90 Å². The molecule has 1 unspecified atom stereocenters. The van der Waals surface area contributed by atoms with Crippen LogP contribution in [0.2, 0.25) is 0 Å². The number of thiophene rings is 1. The van der Waals surface area contributed by atoms with E-state index in [0.29, 0.717) is 6.54 Å². The average Bonchev–Trinajstić information content (AvgIpc) is 3.16. The van der Waals surface area contributed by atoms with Gasteiger partial charge in [0, 0.05) is 30.4 Å². The molecule has 0 aliphatic carbocycles. The summed E-state index contributed by atoms with van der Waals surface area (Å²) in [6.45, 7) is 2.47. The quantitative estimate of drug-likeness (QED) is 0.892. The van der Waals surface area contributed by atoms with Gasteiger partial charge >= 0.3 is 0 Å². The van der Waals surface area contributed by atoms with Crippen molar-refractivity contribution in [3.8, 4) is 5.75 Å². The van der Waals surface area contributed by atoms with E-state index in [4.69, 9.17) is 10.5 Å². The highest BCUT2D eigenvalue weighted by Gasteiger charge is 2.19. The van der Waals surface area contributed by atoms with E-state index >= 15 is 0 Å². The van der Waals surface area contributed by atoms with Crippen LogP contribution in [0, 0.1) is 0 Å². The summed E-state index contributed by atoms with van der Waals surface area (Å²) in [6.07, 6.45) is 2.10. The molecule has 0 bridgehead atoms. The predicted octanol–water partition coefficient (Wildman–Crippen LogP) is 2.86. The minimum atomic E-state index is 0.274. The van der Waals surface area contributed by atoms with E-state index in [1.54, 1.807) is 0 Å². The lowest BCUT2D eigenvalue weighted by molar-refractivity contribution is 0.253. The Morgan fingerprint density at radius 2 is 2.29 bits per heavy atom. The fourth-order valence-electron chi connectivity index (χ4n) is 2.88. The molecule has 2 heterocycles. The molecular weight excluding hydrogens is 280 g/mol. The molecule has 3 nitrogen and oxygen atoms in total. The number of rotatable bonds is 6. The Labute approximate surface area is 130 Å². The van der Waals surface area contributed by atoms with Gasteiger partial charge in [0.2, 0.25) is 0 Å². The van der Waals surface area contributed by atoms with Crippen molar-refractivity contribution >= 4 is 11.3 Å². The number of hydrogen-bond acceptors (Lipinski definition) is 4. The second-order valence-electron chi connectivity index (χ2n) is 5.53. The van der Waals surface area contributed by atoms with Crippen LogP contribution in [-0.2, 0) is 12.8 Å². The number of likely N-dealkylation sites (N-methyl/N-ethyl adjacent to an activating group) is 1. The third-order valence-electron chi connectivity index (χ3n) is 4.14. The Kier molecular flexibility index (Phi) is 4.58. The Bertz CT molecular complexity index is 582. The smallest absolute Gasteiger partial charge is 0.122 e. The molecule has 2 N–H and O–H groups in total. The largest absolute Gasteiger partial charge is 0.493 e. The third kappa shape index (κ3) is 3.28. The van der Waals surface area contributed by atoms with Crippen molar-refractivity contribution < 1.29 is 4.74 Å². The van der Waals surface area contributed by atoms with Gasteiger partial charge < -0.3 is 10.5 Å². The van der Waals surface area contributed by atoms with E-state index in [9.17, 15) is 0 Å². The van der Waals surface area contributed by atoms with Gasteiger partial charge in [-0.3, -0.25) is 4.90 Å². The van der Waals surface area contributed by atoms with Gasteiger partial charge in [-0.15, -0.1) is 11.3 Å². The second-order valence-corrected chi connectivity index (χ2v) is 6.56. The molecule has 4 heteroatoms. The molecule has 1 atom stereocenters. The van der Waals surface area contributed by atoms with Crippen molar-refractivity contribution in [3.63, 3.8) is 0 Å². The van der Waals surface area contributed by atoms with Crippen LogP contribution in [0.5, 0.6) is 5.75 Å². The number of ether oxygens (including phenoxy) is 1. The summed E-state index contributed by atoms with van der Waals surface area (Å²) in [7, 11) is 2.16. The molecule has 0 radical (unpaired) electrons. The lowest BCUT2D eigenvalue weighted by atomic mass is 10.0. The lowest BCUT2D eigenvalue weighted by Crippen LogP contribution is -2.32. The van der Waals surface area contributed by atoms with Crippen molar-refractivity contribution in [3.05, 3.63) is 51.7 Å². The highest BCUT2D eigenvalue weighted by atomic mass is 32.1. The Balaban J connectivity index is 1.68. The SMILES string of the molecule is CN(CCc1cccs1)C(CN)c1ccc2c(c1)CCO2. The van der Waals surface area contributed by atoms with Crippen LogP contribution >= 0.6 is 11.3 Å². The molecule has 112 valence electrons. The van der Waals surface area contributed by atoms with Crippen LogP contribution in [0.3, 0.4) is 0 Å². The van der Waals surface area contributed by atoms with E-state index < -0.39 is 0 Å². The fraction of sp³-hybridized carbons (Fsp3) is 0.412. The summed E-state index contributed by atoms with van der Waals surface area (Å²) >= 11 is 1.82. The maximum Gasteiger partial charge on any atom is 0.122 e. The molecule has 1 aliphatic heterocycles.